The second kappa shape index (κ2) is 3.96. The lowest BCUT2D eigenvalue weighted by molar-refractivity contribution is 0.0690. The molecule has 0 aromatic carbocycles. The number of aromatic carboxylic acids is 1. The van der Waals surface area contributed by atoms with E-state index in [1.54, 1.807) is 0 Å². The number of fused-ring (bicyclic) bond motifs is 1. The fraction of sp³-hybridized carbons (Fsp3) is 0.545. The SMILES string of the molecule is O=C(O)c1cnc(NCC2C3COCC23)cn1. The zero-order valence-electron chi connectivity index (χ0n) is 9.17. The molecule has 1 saturated carbocycles. The van der Waals surface area contributed by atoms with Gasteiger partial charge >= 0.3 is 5.97 Å². The number of carboxylic acids is 1. The molecule has 2 atom stereocenters. The molecule has 1 aromatic rings. The van der Waals surface area contributed by atoms with Crippen LogP contribution in [0.2, 0.25) is 0 Å². The Bertz CT molecular complexity index is 424. The number of carboxylic acid groups (broad SMARTS) is 1. The zero-order chi connectivity index (χ0) is 11.8. The quantitative estimate of drug-likeness (QED) is 0.789. The second-order valence-electron chi connectivity index (χ2n) is 4.50. The first-order valence-corrected chi connectivity index (χ1v) is 5.62. The number of hydrogen-bond acceptors (Lipinski definition) is 5. The summed E-state index contributed by atoms with van der Waals surface area (Å²) in [5, 5.41) is 11.9. The predicted molar refractivity (Wildman–Crippen MR) is 58.8 cm³/mol. The van der Waals surface area contributed by atoms with Crippen molar-refractivity contribution in [2.24, 2.45) is 17.8 Å². The molecule has 6 nitrogen and oxygen atoms in total. The minimum Gasteiger partial charge on any atom is -0.476 e. The topological polar surface area (TPSA) is 84.3 Å². The number of anilines is 1. The van der Waals surface area contributed by atoms with Crippen molar-refractivity contribution < 1.29 is 14.6 Å². The monoisotopic (exact) mass is 235 g/mol. The van der Waals surface area contributed by atoms with Crippen LogP contribution in [0.15, 0.2) is 12.4 Å². The molecule has 1 aliphatic heterocycles. The van der Waals surface area contributed by atoms with Crippen LogP contribution in [-0.4, -0.2) is 40.8 Å². The maximum absolute atomic E-state index is 10.6. The summed E-state index contributed by atoms with van der Waals surface area (Å²) in [5.74, 6) is 1.64. The lowest BCUT2D eigenvalue weighted by atomic mass is 10.3. The van der Waals surface area contributed by atoms with E-state index >= 15 is 0 Å². The highest BCUT2D eigenvalue weighted by Gasteiger charge is 2.53. The van der Waals surface area contributed by atoms with Crippen LogP contribution in [-0.2, 0) is 4.74 Å². The summed E-state index contributed by atoms with van der Waals surface area (Å²) in [5.41, 5.74) is -0.0350. The molecule has 2 unspecified atom stereocenters. The van der Waals surface area contributed by atoms with Crippen LogP contribution in [0, 0.1) is 17.8 Å². The number of aromatic nitrogens is 2. The molecule has 2 N–H and O–H groups in total. The summed E-state index contributed by atoms with van der Waals surface area (Å²) in [4.78, 5) is 18.4. The Morgan fingerprint density at radius 2 is 2.18 bits per heavy atom. The van der Waals surface area contributed by atoms with E-state index < -0.39 is 5.97 Å². The summed E-state index contributed by atoms with van der Waals surface area (Å²) in [6.07, 6.45) is 2.72. The van der Waals surface area contributed by atoms with Crippen molar-refractivity contribution in [1.82, 2.24) is 9.97 Å². The molecule has 6 heteroatoms. The number of rotatable bonds is 4. The maximum Gasteiger partial charge on any atom is 0.356 e. The summed E-state index contributed by atoms with van der Waals surface area (Å²) in [7, 11) is 0. The number of ether oxygens (including phenoxy) is 1. The van der Waals surface area contributed by atoms with Crippen molar-refractivity contribution in [1.29, 1.82) is 0 Å². The van der Waals surface area contributed by atoms with Crippen LogP contribution >= 0.6 is 0 Å². The van der Waals surface area contributed by atoms with Crippen molar-refractivity contribution in [2.75, 3.05) is 25.1 Å². The summed E-state index contributed by atoms with van der Waals surface area (Å²) in [6, 6.07) is 0. The highest BCUT2D eigenvalue weighted by Crippen LogP contribution is 2.50. The molecule has 0 radical (unpaired) electrons. The lowest BCUT2D eigenvalue weighted by Gasteiger charge is -2.06. The average molecular weight is 235 g/mol. The second-order valence-corrected chi connectivity index (χ2v) is 4.50. The molecule has 0 amide bonds. The molecule has 0 bridgehead atoms. The fourth-order valence-electron chi connectivity index (χ4n) is 2.41. The molecule has 0 spiro atoms. The average Bonchev–Trinajstić information content (AvgIpc) is 2.78. The summed E-state index contributed by atoms with van der Waals surface area (Å²) >= 11 is 0. The van der Waals surface area contributed by atoms with Gasteiger partial charge in [-0.2, -0.15) is 0 Å². The molecule has 1 saturated heterocycles. The van der Waals surface area contributed by atoms with Crippen molar-refractivity contribution in [2.45, 2.75) is 0 Å². The summed E-state index contributed by atoms with van der Waals surface area (Å²) < 4.78 is 5.31. The fourth-order valence-corrected chi connectivity index (χ4v) is 2.41. The van der Waals surface area contributed by atoms with Gasteiger partial charge in [-0.15, -0.1) is 0 Å². The molecular formula is C11H13N3O3. The van der Waals surface area contributed by atoms with Crippen LogP contribution in [0.3, 0.4) is 0 Å². The number of hydrogen-bond donors (Lipinski definition) is 2. The highest BCUT2D eigenvalue weighted by molar-refractivity contribution is 5.84. The molecule has 3 rings (SSSR count). The Kier molecular flexibility index (Phi) is 2.44. The third-order valence-electron chi connectivity index (χ3n) is 3.52. The highest BCUT2D eigenvalue weighted by atomic mass is 16.5. The van der Waals surface area contributed by atoms with Crippen molar-refractivity contribution in [3.05, 3.63) is 18.1 Å². The van der Waals surface area contributed by atoms with E-state index in [4.69, 9.17) is 9.84 Å². The van der Waals surface area contributed by atoms with Crippen molar-refractivity contribution in [3.63, 3.8) is 0 Å². The standard InChI is InChI=1S/C11H13N3O3/c15-11(16)9-2-14-10(3-12-9)13-1-6-7-4-17-5-8(6)7/h2-3,6-8H,1,4-5H2,(H,13,14)(H,15,16). The van der Waals surface area contributed by atoms with Gasteiger partial charge in [0, 0.05) is 6.54 Å². The van der Waals surface area contributed by atoms with Gasteiger partial charge in [-0.25, -0.2) is 14.8 Å². The van der Waals surface area contributed by atoms with E-state index in [1.165, 1.54) is 12.4 Å². The summed E-state index contributed by atoms with van der Waals surface area (Å²) in [6.45, 7) is 2.61. The van der Waals surface area contributed by atoms with Gasteiger partial charge in [0.15, 0.2) is 5.69 Å². The van der Waals surface area contributed by atoms with Crippen LogP contribution in [0.4, 0.5) is 5.82 Å². The normalized spacial score (nSPS) is 29.8. The van der Waals surface area contributed by atoms with E-state index in [2.05, 4.69) is 15.3 Å². The molecule has 2 heterocycles. The molecule has 1 aliphatic carbocycles. The Labute approximate surface area is 98.0 Å². The molecular weight excluding hydrogens is 222 g/mol. The third kappa shape index (κ3) is 1.95. The van der Waals surface area contributed by atoms with E-state index in [0.29, 0.717) is 23.6 Å². The molecule has 17 heavy (non-hydrogen) atoms. The smallest absolute Gasteiger partial charge is 0.356 e. The van der Waals surface area contributed by atoms with Crippen LogP contribution in [0.25, 0.3) is 0 Å². The van der Waals surface area contributed by atoms with Gasteiger partial charge in [0.1, 0.15) is 5.82 Å². The first kappa shape index (κ1) is 10.5. The van der Waals surface area contributed by atoms with Gasteiger partial charge < -0.3 is 15.2 Å². The van der Waals surface area contributed by atoms with Gasteiger partial charge in [0.25, 0.3) is 0 Å². The Balaban J connectivity index is 1.53. The molecule has 2 aliphatic rings. The van der Waals surface area contributed by atoms with E-state index in [9.17, 15) is 4.79 Å². The van der Waals surface area contributed by atoms with Gasteiger partial charge in [-0.05, 0) is 17.8 Å². The molecule has 90 valence electrons. The predicted octanol–water partition coefficient (Wildman–Crippen LogP) is 0.479. The zero-order valence-corrected chi connectivity index (χ0v) is 9.17. The van der Waals surface area contributed by atoms with E-state index in [0.717, 1.165) is 19.8 Å². The van der Waals surface area contributed by atoms with Crippen LogP contribution in [0.1, 0.15) is 10.5 Å². The first-order chi connectivity index (χ1) is 8.25. The first-order valence-electron chi connectivity index (χ1n) is 5.62. The van der Waals surface area contributed by atoms with Crippen LogP contribution in [0.5, 0.6) is 0 Å². The van der Waals surface area contributed by atoms with Crippen LogP contribution < -0.4 is 5.32 Å². The Hall–Kier alpha value is -1.69. The minimum absolute atomic E-state index is 0.0350. The molecule has 1 aromatic heterocycles. The Morgan fingerprint density at radius 1 is 1.41 bits per heavy atom. The number of nitrogens with zero attached hydrogens (tertiary/aromatic N) is 2. The van der Waals surface area contributed by atoms with E-state index in [1.807, 2.05) is 0 Å². The maximum atomic E-state index is 10.6. The van der Waals surface area contributed by atoms with Gasteiger partial charge in [0.05, 0.1) is 25.6 Å². The Morgan fingerprint density at radius 3 is 2.76 bits per heavy atom. The third-order valence-corrected chi connectivity index (χ3v) is 3.52. The molecule has 2 fully saturated rings. The van der Waals surface area contributed by atoms with E-state index in [-0.39, 0.29) is 5.69 Å². The van der Waals surface area contributed by atoms with Crippen molar-refractivity contribution in [3.8, 4) is 0 Å². The minimum atomic E-state index is -1.06. The largest absolute Gasteiger partial charge is 0.476 e. The lowest BCUT2D eigenvalue weighted by Crippen LogP contribution is -2.11. The number of carbonyl (C=O) groups is 1. The van der Waals surface area contributed by atoms with Gasteiger partial charge in [-0.1, -0.05) is 0 Å². The van der Waals surface area contributed by atoms with Gasteiger partial charge in [0.2, 0.25) is 0 Å². The van der Waals surface area contributed by atoms with Crippen molar-refractivity contribution >= 4 is 11.8 Å². The van der Waals surface area contributed by atoms with Gasteiger partial charge in [-0.3, -0.25) is 0 Å². The number of nitrogens with one attached hydrogen (secondary N) is 1.